The Morgan fingerprint density at radius 1 is 1.27 bits per heavy atom. The number of nitrogens with one attached hydrogen (secondary N) is 1. The van der Waals surface area contributed by atoms with E-state index >= 15 is 0 Å². The smallest absolute Gasteiger partial charge is 0.277 e. The first-order chi connectivity index (χ1) is 10.1. The number of hydrogen-bond acceptors (Lipinski definition) is 3. The minimum atomic E-state index is -4.59. The molecule has 22 heavy (non-hydrogen) atoms. The van der Waals surface area contributed by atoms with E-state index in [0.717, 1.165) is 18.2 Å². The van der Waals surface area contributed by atoms with E-state index in [2.05, 4.69) is 0 Å². The summed E-state index contributed by atoms with van der Waals surface area (Å²) in [6.45, 7) is 3.09. The molecule has 1 heterocycles. The van der Waals surface area contributed by atoms with Crippen molar-refractivity contribution in [2.75, 3.05) is 4.90 Å². The molecule has 0 bridgehead atoms. The van der Waals surface area contributed by atoms with Gasteiger partial charge < -0.3 is 0 Å². The number of alkyl halides is 3. The standard InChI is InChI=1S/C14H13F3N2O3/c1-7(2)12(21)18-13(22)19-10-6-9(14(15,16)17)4-3-8(10)5-11(19)20/h3-4,6-7H,5H2,1-2H3,(H,18,21,22). The molecule has 2 rings (SSSR count). The SMILES string of the molecule is CC(C)C(=O)NC(=O)N1C(=O)Cc2ccc(C(F)(F)F)cc21. The molecule has 0 unspecified atom stereocenters. The predicted octanol–water partition coefficient (Wildman–Crippen LogP) is 2.49. The van der Waals surface area contributed by atoms with Crippen LogP contribution in [0.15, 0.2) is 18.2 Å². The van der Waals surface area contributed by atoms with Crippen LogP contribution in [0, 0.1) is 5.92 Å². The molecule has 1 aliphatic heterocycles. The second kappa shape index (κ2) is 5.43. The van der Waals surface area contributed by atoms with Crippen LogP contribution in [-0.2, 0) is 22.2 Å². The van der Waals surface area contributed by atoms with Crippen LogP contribution in [-0.4, -0.2) is 17.8 Å². The summed E-state index contributed by atoms with van der Waals surface area (Å²) in [5.74, 6) is -1.79. The van der Waals surface area contributed by atoms with Gasteiger partial charge in [-0.1, -0.05) is 19.9 Å². The van der Waals surface area contributed by atoms with Gasteiger partial charge in [-0.15, -0.1) is 0 Å². The number of anilines is 1. The van der Waals surface area contributed by atoms with Gasteiger partial charge in [0.1, 0.15) is 0 Å². The highest BCUT2D eigenvalue weighted by atomic mass is 19.4. The van der Waals surface area contributed by atoms with Gasteiger partial charge >= 0.3 is 12.2 Å². The molecule has 4 amide bonds. The van der Waals surface area contributed by atoms with Crippen molar-refractivity contribution in [1.29, 1.82) is 0 Å². The van der Waals surface area contributed by atoms with Gasteiger partial charge in [-0.2, -0.15) is 13.2 Å². The molecule has 0 saturated heterocycles. The van der Waals surface area contributed by atoms with Crippen LogP contribution in [0.5, 0.6) is 0 Å². The highest BCUT2D eigenvalue weighted by Gasteiger charge is 2.37. The summed E-state index contributed by atoms with van der Waals surface area (Å²) in [7, 11) is 0. The third-order valence-corrected chi connectivity index (χ3v) is 3.20. The molecule has 5 nitrogen and oxygen atoms in total. The summed E-state index contributed by atoms with van der Waals surface area (Å²) < 4.78 is 38.2. The van der Waals surface area contributed by atoms with E-state index in [4.69, 9.17) is 0 Å². The molecule has 1 aromatic rings. The van der Waals surface area contributed by atoms with Crippen molar-refractivity contribution in [3.63, 3.8) is 0 Å². The topological polar surface area (TPSA) is 66.5 Å². The monoisotopic (exact) mass is 314 g/mol. The predicted molar refractivity (Wildman–Crippen MR) is 71.0 cm³/mol. The molecular formula is C14H13F3N2O3. The highest BCUT2D eigenvalue weighted by Crippen LogP contribution is 2.36. The van der Waals surface area contributed by atoms with Gasteiger partial charge in [-0.25, -0.2) is 9.69 Å². The molecule has 0 saturated carbocycles. The van der Waals surface area contributed by atoms with Crippen molar-refractivity contribution in [2.45, 2.75) is 26.4 Å². The zero-order valence-corrected chi connectivity index (χ0v) is 11.8. The number of urea groups is 1. The molecule has 0 spiro atoms. The average Bonchev–Trinajstić information content (AvgIpc) is 2.72. The highest BCUT2D eigenvalue weighted by molar-refractivity contribution is 6.21. The number of halogens is 3. The number of benzene rings is 1. The summed E-state index contributed by atoms with van der Waals surface area (Å²) >= 11 is 0. The van der Waals surface area contributed by atoms with Crippen LogP contribution < -0.4 is 10.2 Å². The van der Waals surface area contributed by atoms with E-state index in [1.54, 1.807) is 13.8 Å². The number of nitrogens with zero attached hydrogens (tertiary/aromatic N) is 1. The van der Waals surface area contributed by atoms with Gasteiger partial charge in [-0.3, -0.25) is 14.9 Å². The first-order valence-electron chi connectivity index (χ1n) is 6.49. The number of carbonyl (C=O) groups excluding carboxylic acids is 3. The zero-order chi connectivity index (χ0) is 16.7. The van der Waals surface area contributed by atoms with Gasteiger partial charge in [0.25, 0.3) is 0 Å². The number of imide groups is 2. The van der Waals surface area contributed by atoms with Gasteiger partial charge in [0.2, 0.25) is 11.8 Å². The minimum Gasteiger partial charge on any atom is -0.277 e. The summed E-state index contributed by atoms with van der Waals surface area (Å²) in [6, 6.07) is 1.71. The normalized spacial score (nSPS) is 14.3. The number of rotatable bonds is 1. The lowest BCUT2D eigenvalue weighted by Crippen LogP contribution is -2.45. The Labute approximate surface area is 124 Å². The summed E-state index contributed by atoms with van der Waals surface area (Å²) in [6.07, 6.45) is -4.77. The van der Waals surface area contributed by atoms with Crippen molar-refractivity contribution in [3.8, 4) is 0 Å². The minimum absolute atomic E-state index is 0.145. The summed E-state index contributed by atoms with van der Waals surface area (Å²) in [5.41, 5.74) is -0.798. The average molecular weight is 314 g/mol. The Bertz CT molecular complexity index is 653. The van der Waals surface area contributed by atoms with Crippen molar-refractivity contribution >= 4 is 23.5 Å². The van der Waals surface area contributed by atoms with Crippen LogP contribution in [0.2, 0.25) is 0 Å². The molecule has 8 heteroatoms. The molecule has 0 aliphatic carbocycles. The lowest BCUT2D eigenvalue weighted by atomic mass is 10.1. The fourth-order valence-electron chi connectivity index (χ4n) is 2.00. The Hall–Kier alpha value is -2.38. The lowest BCUT2D eigenvalue weighted by Gasteiger charge is -2.17. The number of hydrogen-bond donors (Lipinski definition) is 1. The number of fused-ring (bicyclic) bond motifs is 1. The largest absolute Gasteiger partial charge is 0.416 e. The van der Waals surface area contributed by atoms with Crippen molar-refractivity contribution in [1.82, 2.24) is 5.32 Å². The second-order valence-corrected chi connectivity index (χ2v) is 5.20. The Balaban J connectivity index is 2.34. The molecule has 1 aromatic carbocycles. The Kier molecular flexibility index (Phi) is 3.95. The Morgan fingerprint density at radius 3 is 2.45 bits per heavy atom. The zero-order valence-electron chi connectivity index (χ0n) is 11.8. The molecule has 0 aromatic heterocycles. The van der Waals surface area contributed by atoms with Gasteiger partial charge in [0.15, 0.2) is 0 Å². The van der Waals surface area contributed by atoms with Crippen LogP contribution in [0.4, 0.5) is 23.7 Å². The molecule has 0 fully saturated rings. The van der Waals surface area contributed by atoms with E-state index in [0.29, 0.717) is 10.5 Å². The molecule has 1 N–H and O–H groups in total. The van der Waals surface area contributed by atoms with E-state index in [9.17, 15) is 27.6 Å². The number of amides is 4. The summed E-state index contributed by atoms with van der Waals surface area (Å²) in [5, 5.41) is 2.00. The molecule has 1 aliphatic rings. The van der Waals surface area contributed by atoms with E-state index in [1.165, 1.54) is 0 Å². The van der Waals surface area contributed by atoms with Crippen molar-refractivity contribution in [2.24, 2.45) is 5.92 Å². The van der Waals surface area contributed by atoms with Gasteiger partial charge in [-0.05, 0) is 17.7 Å². The van der Waals surface area contributed by atoms with Crippen molar-refractivity contribution in [3.05, 3.63) is 29.3 Å². The van der Waals surface area contributed by atoms with Gasteiger partial charge in [0.05, 0.1) is 17.7 Å². The van der Waals surface area contributed by atoms with Crippen LogP contribution in [0.25, 0.3) is 0 Å². The second-order valence-electron chi connectivity index (χ2n) is 5.20. The lowest BCUT2D eigenvalue weighted by molar-refractivity contribution is -0.137. The number of carbonyl (C=O) groups is 3. The van der Waals surface area contributed by atoms with E-state index in [-0.39, 0.29) is 12.1 Å². The van der Waals surface area contributed by atoms with Crippen LogP contribution in [0.1, 0.15) is 25.0 Å². The molecule has 0 atom stereocenters. The maximum absolute atomic E-state index is 12.7. The first-order valence-corrected chi connectivity index (χ1v) is 6.49. The third kappa shape index (κ3) is 2.95. The van der Waals surface area contributed by atoms with Crippen LogP contribution >= 0.6 is 0 Å². The quantitative estimate of drug-likeness (QED) is 0.866. The van der Waals surface area contributed by atoms with E-state index in [1.807, 2.05) is 5.32 Å². The van der Waals surface area contributed by atoms with Crippen molar-refractivity contribution < 1.29 is 27.6 Å². The summed E-state index contributed by atoms with van der Waals surface area (Å²) in [4.78, 5) is 35.9. The molecule has 118 valence electrons. The van der Waals surface area contributed by atoms with E-state index < -0.39 is 35.5 Å². The fourth-order valence-corrected chi connectivity index (χ4v) is 2.00. The van der Waals surface area contributed by atoms with Gasteiger partial charge in [0, 0.05) is 5.92 Å². The van der Waals surface area contributed by atoms with Crippen LogP contribution in [0.3, 0.4) is 0 Å². The maximum Gasteiger partial charge on any atom is 0.416 e. The fraction of sp³-hybridized carbons (Fsp3) is 0.357. The maximum atomic E-state index is 12.7. The third-order valence-electron chi connectivity index (χ3n) is 3.20. The Morgan fingerprint density at radius 2 is 1.91 bits per heavy atom. The molecular weight excluding hydrogens is 301 g/mol. The molecule has 0 radical (unpaired) electrons. The first kappa shape index (κ1) is 16.0.